The standard InChI is InChI=1S/C19H25N3O2/c1-3-6-15-13-18(16-7-4-5-8-17(16)20-15)21-9-11-22(12-10-21)19(23)14-24-2/h4-5,7-8,13H,3,6,9-12,14H2,1-2H3. The topological polar surface area (TPSA) is 45.7 Å². The Balaban J connectivity index is 1.83. The molecular formula is C19H25N3O2. The number of methoxy groups -OCH3 is 1. The van der Waals surface area contributed by atoms with Crippen molar-refractivity contribution in [1.29, 1.82) is 0 Å². The number of para-hydroxylation sites is 1. The predicted octanol–water partition coefficient (Wildman–Crippen LogP) is 2.48. The van der Waals surface area contributed by atoms with Crippen LogP contribution in [-0.4, -0.2) is 55.7 Å². The molecule has 128 valence electrons. The molecule has 0 unspecified atom stereocenters. The molecule has 24 heavy (non-hydrogen) atoms. The number of pyridine rings is 1. The number of aromatic nitrogens is 1. The summed E-state index contributed by atoms with van der Waals surface area (Å²) in [6.07, 6.45) is 2.08. The smallest absolute Gasteiger partial charge is 0.248 e. The van der Waals surface area contributed by atoms with Crippen molar-refractivity contribution in [3.05, 3.63) is 36.0 Å². The van der Waals surface area contributed by atoms with Gasteiger partial charge in [0.05, 0.1) is 5.52 Å². The van der Waals surface area contributed by atoms with E-state index in [4.69, 9.17) is 9.72 Å². The van der Waals surface area contributed by atoms with Crippen LogP contribution in [0.5, 0.6) is 0 Å². The molecule has 1 aromatic carbocycles. The van der Waals surface area contributed by atoms with E-state index in [1.165, 1.54) is 11.1 Å². The number of amides is 1. The molecule has 1 fully saturated rings. The maximum atomic E-state index is 12.0. The van der Waals surface area contributed by atoms with E-state index in [-0.39, 0.29) is 12.5 Å². The zero-order chi connectivity index (χ0) is 16.9. The molecule has 3 rings (SSSR count). The summed E-state index contributed by atoms with van der Waals surface area (Å²) in [6.45, 7) is 5.50. The second-order valence-corrected chi connectivity index (χ2v) is 6.20. The number of piperazine rings is 1. The van der Waals surface area contributed by atoms with Gasteiger partial charge in [0.25, 0.3) is 0 Å². The van der Waals surface area contributed by atoms with Crippen LogP contribution in [0.4, 0.5) is 5.69 Å². The lowest BCUT2D eigenvalue weighted by molar-refractivity contribution is -0.135. The van der Waals surface area contributed by atoms with Gasteiger partial charge in [-0.2, -0.15) is 0 Å². The van der Waals surface area contributed by atoms with E-state index >= 15 is 0 Å². The van der Waals surface area contributed by atoms with Gasteiger partial charge in [-0.15, -0.1) is 0 Å². The molecule has 1 aliphatic heterocycles. The van der Waals surface area contributed by atoms with Crippen LogP contribution in [0, 0.1) is 0 Å². The average Bonchev–Trinajstić information content (AvgIpc) is 2.62. The normalized spacial score (nSPS) is 15.1. The number of anilines is 1. The van der Waals surface area contributed by atoms with Crippen molar-refractivity contribution < 1.29 is 9.53 Å². The molecule has 0 saturated carbocycles. The number of benzene rings is 1. The molecule has 5 heteroatoms. The number of aryl methyl sites for hydroxylation is 1. The fourth-order valence-electron chi connectivity index (χ4n) is 3.27. The van der Waals surface area contributed by atoms with Crippen LogP contribution in [-0.2, 0) is 16.0 Å². The number of carbonyl (C=O) groups excluding carboxylic acids is 1. The molecule has 5 nitrogen and oxygen atoms in total. The van der Waals surface area contributed by atoms with E-state index in [9.17, 15) is 4.79 Å². The number of fused-ring (bicyclic) bond motifs is 1. The minimum atomic E-state index is 0.0726. The monoisotopic (exact) mass is 327 g/mol. The largest absolute Gasteiger partial charge is 0.375 e. The van der Waals surface area contributed by atoms with E-state index in [0.717, 1.165) is 50.2 Å². The molecule has 2 heterocycles. The minimum Gasteiger partial charge on any atom is -0.375 e. The number of hydrogen-bond acceptors (Lipinski definition) is 4. The molecule has 0 radical (unpaired) electrons. The minimum absolute atomic E-state index is 0.0726. The molecular weight excluding hydrogens is 302 g/mol. The molecule has 1 amide bonds. The zero-order valence-electron chi connectivity index (χ0n) is 14.5. The second-order valence-electron chi connectivity index (χ2n) is 6.20. The van der Waals surface area contributed by atoms with Gasteiger partial charge in [0.1, 0.15) is 6.61 Å². The zero-order valence-corrected chi connectivity index (χ0v) is 14.5. The van der Waals surface area contributed by atoms with Crippen molar-refractivity contribution in [1.82, 2.24) is 9.88 Å². The summed E-state index contributed by atoms with van der Waals surface area (Å²) in [5.41, 5.74) is 3.43. The van der Waals surface area contributed by atoms with Crippen LogP contribution in [0.1, 0.15) is 19.0 Å². The lowest BCUT2D eigenvalue weighted by Gasteiger charge is -2.36. The van der Waals surface area contributed by atoms with Gasteiger partial charge in [0.15, 0.2) is 0 Å². The SMILES string of the molecule is CCCc1cc(N2CCN(C(=O)COC)CC2)c2ccccc2n1. The van der Waals surface area contributed by atoms with Crippen LogP contribution < -0.4 is 4.90 Å². The molecule has 1 aliphatic rings. The highest BCUT2D eigenvalue weighted by Gasteiger charge is 2.22. The summed E-state index contributed by atoms with van der Waals surface area (Å²) >= 11 is 0. The van der Waals surface area contributed by atoms with Crippen molar-refractivity contribution in [3.8, 4) is 0 Å². The van der Waals surface area contributed by atoms with Crippen molar-refractivity contribution in [2.45, 2.75) is 19.8 Å². The highest BCUT2D eigenvalue weighted by molar-refractivity contribution is 5.92. The number of rotatable bonds is 5. The average molecular weight is 327 g/mol. The summed E-state index contributed by atoms with van der Waals surface area (Å²) < 4.78 is 4.96. The van der Waals surface area contributed by atoms with Crippen molar-refractivity contribution in [2.24, 2.45) is 0 Å². The van der Waals surface area contributed by atoms with E-state index in [1.54, 1.807) is 7.11 Å². The Hall–Kier alpha value is -2.14. The third kappa shape index (κ3) is 3.51. The Labute approximate surface area is 143 Å². The molecule has 0 spiro atoms. The molecule has 0 aliphatic carbocycles. The quantitative estimate of drug-likeness (QED) is 0.846. The lowest BCUT2D eigenvalue weighted by atomic mass is 10.1. The van der Waals surface area contributed by atoms with Crippen molar-refractivity contribution in [2.75, 3.05) is 44.8 Å². The van der Waals surface area contributed by atoms with Crippen molar-refractivity contribution in [3.63, 3.8) is 0 Å². The second kappa shape index (κ2) is 7.62. The number of nitrogens with zero attached hydrogens (tertiary/aromatic N) is 3. The Morgan fingerprint density at radius 2 is 1.96 bits per heavy atom. The van der Waals surface area contributed by atoms with Crippen molar-refractivity contribution >= 4 is 22.5 Å². The fraction of sp³-hybridized carbons (Fsp3) is 0.474. The molecule has 1 aromatic heterocycles. The summed E-state index contributed by atoms with van der Waals surface area (Å²) in [4.78, 5) is 21.0. The van der Waals surface area contributed by atoms with Crippen LogP contribution in [0.25, 0.3) is 10.9 Å². The first-order valence-electron chi connectivity index (χ1n) is 8.63. The molecule has 1 saturated heterocycles. The summed E-state index contributed by atoms with van der Waals surface area (Å²) in [5, 5.41) is 1.19. The van der Waals surface area contributed by atoms with Gasteiger partial charge < -0.3 is 14.5 Å². The van der Waals surface area contributed by atoms with E-state index in [2.05, 4.69) is 36.1 Å². The highest BCUT2D eigenvalue weighted by atomic mass is 16.5. The van der Waals surface area contributed by atoms with Crippen LogP contribution in [0.15, 0.2) is 30.3 Å². The van der Waals surface area contributed by atoms with Gasteiger partial charge in [-0.05, 0) is 18.6 Å². The lowest BCUT2D eigenvalue weighted by Crippen LogP contribution is -2.49. The van der Waals surface area contributed by atoms with Crippen LogP contribution >= 0.6 is 0 Å². The summed E-state index contributed by atoms with van der Waals surface area (Å²) in [7, 11) is 1.56. The maximum absolute atomic E-state index is 12.0. The first-order valence-corrected chi connectivity index (χ1v) is 8.63. The van der Waals surface area contributed by atoms with Crippen LogP contribution in [0.2, 0.25) is 0 Å². The van der Waals surface area contributed by atoms with E-state index < -0.39 is 0 Å². The fourth-order valence-corrected chi connectivity index (χ4v) is 3.27. The van der Waals surface area contributed by atoms with Gasteiger partial charge in [-0.25, -0.2) is 0 Å². The van der Waals surface area contributed by atoms with E-state index in [0.29, 0.717) is 0 Å². The Kier molecular flexibility index (Phi) is 5.30. The summed E-state index contributed by atoms with van der Waals surface area (Å²) in [5.74, 6) is 0.0726. The number of ether oxygens (including phenoxy) is 1. The van der Waals surface area contributed by atoms with Crippen LogP contribution in [0.3, 0.4) is 0 Å². The third-order valence-corrected chi connectivity index (χ3v) is 4.49. The molecule has 0 N–H and O–H groups in total. The Morgan fingerprint density at radius 1 is 1.21 bits per heavy atom. The number of carbonyl (C=O) groups is 1. The van der Waals surface area contributed by atoms with Gasteiger partial charge in [-0.3, -0.25) is 9.78 Å². The highest BCUT2D eigenvalue weighted by Crippen LogP contribution is 2.28. The van der Waals surface area contributed by atoms with Gasteiger partial charge in [0.2, 0.25) is 5.91 Å². The van der Waals surface area contributed by atoms with Gasteiger partial charge in [-0.1, -0.05) is 31.5 Å². The first kappa shape index (κ1) is 16.7. The Bertz CT molecular complexity index is 709. The maximum Gasteiger partial charge on any atom is 0.248 e. The Morgan fingerprint density at radius 3 is 2.67 bits per heavy atom. The predicted molar refractivity (Wildman–Crippen MR) is 96.4 cm³/mol. The van der Waals surface area contributed by atoms with Gasteiger partial charge >= 0.3 is 0 Å². The molecule has 0 bridgehead atoms. The van der Waals surface area contributed by atoms with E-state index in [1.807, 2.05) is 11.0 Å². The summed E-state index contributed by atoms with van der Waals surface area (Å²) in [6, 6.07) is 10.5. The third-order valence-electron chi connectivity index (χ3n) is 4.49. The van der Waals surface area contributed by atoms with Gasteiger partial charge in [0, 0.05) is 50.1 Å². The number of hydrogen-bond donors (Lipinski definition) is 0. The molecule has 2 aromatic rings. The first-order chi connectivity index (χ1) is 11.7. The molecule has 0 atom stereocenters.